The molecule has 0 aliphatic heterocycles. The van der Waals surface area contributed by atoms with Crippen LogP contribution in [0.2, 0.25) is 0 Å². The third-order valence-corrected chi connectivity index (χ3v) is 19.9. The lowest BCUT2D eigenvalue weighted by molar-refractivity contribution is -0.161. The normalized spacial score (nSPS) is 14.0. The van der Waals surface area contributed by atoms with E-state index >= 15 is 0 Å². The lowest BCUT2D eigenvalue weighted by Crippen LogP contribution is -2.30. The molecule has 0 fully saturated rings. The Bertz CT molecular complexity index is 1860. The summed E-state index contributed by atoms with van der Waals surface area (Å²) in [4.78, 5) is 72.7. The fraction of sp³-hybridized carbons (Fsp3) is 0.948. The van der Waals surface area contributed by atoms with Gasteiger partial charge in [0.15, 0.2) is 12.2 Å². The second-order valence-corrected chi connectivity index (χ2v) is 31.6. The number of rotatable bonds is 76. The molecule has 0 saturated heterocycles. The maximum atomic E-state index is 13.1. The van der Waals surface area contributed by atoms with Crippen LogP contribution in [0.5, 0.6) is 0 Å². The number of carbonyl (C=O) groups excluding carboxylic acids is 4. The highest BCUT2D eigenvalue weighted by Gasteiger charge is 2.30. The molecule has 3 N–H and O–H groups in total. The Hall–Kier alpha value is -1.94. The van der Waals surface area contributed by atoms with Crippen LogP contribution in [-0.2, 0) is 65.4 Å². The van der Waals surface area contributed by atoms with E-state index in [4.69, 9.17) is 37.0 Å². The van der Waals surface area contributed by atoms with Gasteiger partial charge < -0.3 is 33.8 Å². The summed E-state index contributed by atoms with van der Waals surface area (Å²) in [6.45, 7) is 9.55. The monoisotopic (exact) mass is 1410 g/mol. The molecule has 17 nitrogen and oxygen atoms in total. The smallest absolute Gasteiger partial charge is 0.462 e. The van der Waals surface area contributed by atoms with Crippen molar-refractivity contribution in [3.05, 3.63) is 0 Å². The topological polar surface area (TPSA) is 237 Å². The summed E-state index contributed by atoms with van der Waals surface area (Å²) in [5.74, 6) is -0.623. The van der Waals surface area contributed by atoms with E-state index in [-0.39, 0.29) is 25.7 Å². The predicted molar refractivity (Wildman–Crippen MR) is 391 cm³/mol. The zero-order valence-corrected chi connectivity index (χ0v) is 64.5. The molecule has 5 atom stereocenters. The number of hydrogen-bond donors (Lipinski definition) is 3. The molecule has 0 aliphatic carbocycles. The first kappa shape index (κ1) is 94.1. The van der Waals surface area contributed by atoms with Crippen LogP contribution < -0.4 is 0 Å². The Morgan fingerprint density at radius 3 is 0.708 bits per heavy atom. The molecule has 570 valence electrons. The van der Waals surface area contributed by atoms with Crippen LogP contribution in [0.25, 0.3) is 0 Å². The number of aliphatic hydroxyl groups is 1. The third-order valence-electron chi connectivity index (χ3n) is 18.0. The van der Waals surface area contributed by atoms with Gasteiger partial charge in [0.2, 0.25) is 0 Å². The van der Waals surface area contributed by atoms with E-state index in [2.05, 4.69) is 41.5 Å². The van der Waals surface area contributed by atoms with Crippen LogP contribution in [0.1, 0.15) is 401 Å². The molecule has 0 bridgehead atoms. The van der Waals surface area contributed by atoms with Crippen molar-refractivity contribution in [2.45, 2.75) is 419 Å². The highest BCUT2D eigenvalue weighted by atomic mass is 31.2. The van der Waals surface area contributed by atoms with Gasteiger partial charge in [-0.3, -0.25) is 37.3 Å². The molecule has 2 unspecified atom stereocenters. The summed E-state index contributed by atoms with van der Waals surface area (Å²) >= 11 is 0. The average Bonchev–Trinajstić information content (AvgIpc) is 1.57. The molecular weight excluding hydrogens is 1260 g/mol. The van der Waals surface area contributed by atoms with Crippen molar-refractivity contribution in [3.63, 3.8) is 0 Å². The van der Waals surface area contributed by atoms with E-state index < -0.39 is 97.5 Å². The predicted octanol–water partition coefficient (Wildman–Crippen LogP) is 22.7. The van der Waals surface area contributed by atoms with E-state index in [1.807, 2.05) is 0 Å². The van der Waals surface area contributed by atoms with Gasteiger partial charge in [-0.25, -0.2) is 9.13 Å². The molecule has 0 aliphatic rings. The van der Waals surface area contributed by atoms with Crippen LogP contribution in [0.15, 0.2) is 0 Å². The summed E-state index contributed by atoms with van der Waals surface area (Å²) in [7, 11) is -9.91. The van der Waals surface area contributed by atoms with E-state index in [0.717, 1.165) is 102 Å². The fourth-order valence-electron chi connectivity index (χ4n) is 11.8. The van der Waals surface area contributed by atoms with Crippen LogP contribution in [-0.4, -0.2) is 96.7 Å². The Labute approximate surface area is 588 Å². The highest BCUT2D eigenvalue weighted by Crippen LogP contribution is 2.45. The van der Waals surface area contributed by atoms with Gasteiger partial charge >= 0.3 is 39.5 Å². The molecule has 0 aromatic heterocycles. The SMILES string of the molecule is CCCCCCCCCCCCCCCCCCCCCCCCC(=O)O[C@H](COC(=O)CCCCCCCCCCCCC(C)C)COP(=O)(O)OC[C@@H](O)COP(=O)(O)OC[C@@H](COC(=O)CCCCCCCCCCC)OC(=O)CCCCCCCCCCCC(C)C. The zero-order valence-electron chi connectivity index (χ0n) is 62.7. The Kier molecular flexibility index (Phi) is 67.4. The summed E-state index contributed by atoms with van der Waals surface area (Å²) in [5.41, 5.74) is 0. The van der Waals surface area contributed by atoms with Crippen LogP contribution in [0.4, 0.5) is 0 Å². The Morgan fingerprint density at radius 2 is 0.479 bits per heavy atom. The number of hydrogen-bond acceptors (Lipinski definition) is 15. The number of carbonyl (C=O) groups is 4. The minimum absolute atomic E-state index is 0.105. The molecule has 0 aromatic carbocycles. The van der Waals surface area contributed by atoms with Crippen molar-refractivity contribution in [2.24, 2.45) is 11.8 Å². The summed E-state index contributed by atoms with van der Waals surface area (Å²) < 4.78 is 68.5. The van der Waals surface area contributed by atoms with Crippen molar-refractivity contribution < 1.29 is 80.2 Å². The van der Waals surface area contributed by atoms with Gasteiger partial charge in [0.25, 0.3) is 0 Å². The first-order chi connectivity index (χ1) is 46.4. The van der Waals surface area contributed by atoms with Gasteiger partial charge in [-0.1, -0.05) is 350 Å². The molecule has 19 heteroatoms. The number of phosphoric ester groups is 2. The first-order valence-corrected chi connectivity index (χ1v) is 43.0. The van der Waals surface area contributed by atoms with Gasteiger partial charge in [0.1, 0.15) is 19.3 Å². The second-order valence-electron chi connectivity index (χ2n) is 28.7. The standard InChI is InChI=1S/C77H150O17P2/c1-7-9-11-13-15-17-18-19-20-21-22-23-24-25-26-27-28-29-37-43-49-55-61-76(81)93-73(66-88-75(80)60-54-48-42-36-31-30-34-39-45-51-57-69(3)4)68-92-96(85,86)90-64-71(78)63-89-95(83,84)91-67-72(65-87-74(79)59-53-47-41-33-16-14-12-10-8-2)94-77(82)62-56-50-44-38-32-35-40-46-52-58-70(5)6/h69-73,78H,7-68H2,1-6H3,(H,83,84)(H,85,86)/t71-,72+,73+/m0/s1. The minimum atomic E-state index is -4.96. The lowest BCUT2D eigenvalue weighted by atomic mass is 10.0. The van der Waals surface area contributed by atoms with Gasteiger partial charge in [-0.15, -0.1) is 0 Å². The van der Waals surface area contributed by atoms with E-state index in [1.54, 1.807) is 0 Å². The zero-order chi connectivity index (χ0) is 70.7. The van der Waals surface area contributed by atoms with E-state index in [0.29, 0.717) is 25.7 Å². The van der Waals surface area contributed by atoms with Gasteiger partial charge in [0, 0.05) is 25.7 Å². The first-order valence-electron chi connectivity index (χ1n) is 40.0. The quantitative estimate of drug-likeness (QED) is 0.0222. The fourth-order valence-corrected chi connectivity index (χ4v) is 13.4. The summed E-state index contributed by atoms with van der Waals surface area (Å²) in [5, 5.41) is 10.6. The summed E-state index contributed by atoms with van der Waals surface area (Å²) in [6.07, 6.45) is 57.1. The molecule has 0 heterocycles. The Morgan fingerprint density at radius 1 is 0.281 bits per heavy atom. The van der Waals surface area contributed by atoms with Crippen LogP contribution in [0, 0.1) is 11.8 Å². The number of aliphatic hydroxyl groups excluding tert-OH is 1. The molecule has 0 amide bonds. The van der Waals surface area contributed by atoms with Crippen LogP contribution >= 0.6 is 15.6 Å². The molecule has 0 radical (unpaired) electrons. The maximum absolute atomic E-state index is 13.1. The number of unbranched alkanes of at least 4 members (excludes halogenated alkanes) is 46. The van der Waals surface area contributed by atoms with Crippen molar-refractivity contribution in [3.8, 4) is 0 Å². The lowest BCUT2D eigenvalue weighted by Gasteiger charge is -2.21. The molecule has 0 aromatic rings. The van der Waals surface area contributed by atoms with Crippen molar-refractivity contribution in [1.82, 2.24) is 0 Å². The maximum Gasteiger partial charge on any atom is 0.472 e. The summed E-state index contributed by atoms with van der Waals surface area (Å²) in [6, 6.07) is 0. The van der Waals surface area contributed by atoms with E-state index in [9.17, 15) is 43.2 Å². The molecular formula is C77H150O17P2. The van der Waals surface area contributed by atoms with Crippen molar-refractivity contribution in [1.29, 1.82) is 0 Å². The minimum Gasteiger partial charge on any atom is -0.462 e. The second kappa shape index (κ2) is 68.8. The number of phosphoric acid groups is 2. The van der Waals surface area contributed by atoms with Crippen molar-refractivity contribution >= 4 is 39.5 Å². The molecule has 0 rings (SSSR count). The Balaban J connectivity index is 5.17. The van der Waals surface area contributed by atoms with Gasteiger partial charge in [0.05, 0.1) is 26.4 Å². The number of ether oxygens (including phenoxy) is 4. The van der Waals surface area contributed by atoms with Crippen molar-refractivity contribution in [2.75, 3.05) is 39.6 Å². The number of esters is 4. The highest BCUT2D eigenvalue weighted by molar-refractivity contribution is 7.47. The molecule has 0 spiro atoms. The largest absolute Gasteiger partial charge is 0.472 e. The molecule has 96 heavy (non-hydrogen) atoms. The van der Waals surface area contributed by atoms with Gasteiger partial charge in [-0.05, 0) is 37.5 Å². The van der Waals surface area contributed by atoms with Crippen LogP contribution in [0.3, 0.4) is 0 Å². The van der Waals surface area contributed by atoms with Gasteiger partial charge in [-0.2, -0.15) is 0 Å². The molecule has 0 saturated carbocycles. The third kappa shape index (κ3) is 70.5. The van der Waals surface area contributed by atoms with E-state index in [1.165, 1.54) is 218 Å². The average molecular weight is 1410 g/mol.